The fourth-order valence-corrected chi connectivity index (χ4v) is 4.27. The Bertz CT molecular complexity index is 1150. The van der Waals surface area contributed by atoms with Gasteiger partial charge in [0.2, 0.25) is 0 Å². The van der Waals surface area contributed by atoms with Gasteiger partial charge in [-0.05, 0) is 56.2 Å². The van der Waals surface area contributed by atoms with Crippen LogP contribution in [0.3, 0.4) is 0 Å². The molecule has 3 heterocycles. The van der Waals surface area contributed by atoms with Crippen LogP contribution in [0.15, 0.2) is 48.7 Å². The molecule has 0 aliphatic carbocycles. The highest BCUT2D eigenvalue weighted by Gasteiger charge is 2.24. The zero-order valence-corrected chi connectivity index (χ0v) is 17.6. The Balaban J connectivity index is 1.76. The summed E-state index contributed by atoms with van der Waals surface area (Å²) in [5.41, 5.74) is 4.35. The number of anilines is 1. The van der Waals surface area contributed by atoms with E-state index in [2.05, 4.69) is 29.1 Å². The molecular formula is C22H23N5OS. The number of nitrogens with zero attached hydrogens (tertiary/aromatic N) is 5. The van der Waals surface area contributed by atoms with Crippen LogP contribution in [0.25, 0.3) is 10.2 Å². The number of aryl methyl sites for hydroxylation is 3. The Kier molecular flexibility index (Phi) is 5.40. The first-order valence-electron chi connectivity index (χ1n) is 9.74. The first-order valence-corrected chi connectivity index (χ1v) is 10.6. The molecule has 0 saturated carbocycles. The Morgan fingerprint density at radius 1 is 1.17 bits per heavy atom. The summed E-state index contributed by atoms with van der Waals surface area (Å²) >= 11 is 1.53. The summed E-state index contributed by atoms with van der Waals surface area (Å²) < 4.78 is 2.91. The third-order valence-electron chi connectivity index (χ3n) is 4.87. The van der Waals surface area contributed by atoms with Gasteiger partial charge in [-0.3, -0.25) is 19.4 Å². The van der Waals surface area contributed by atoms with E-state index in [1.165, 1.54) is 16.9 Å². The fraction of sp³-hybridized carbons (Fsp3) is 0.273. The van der Waals surface area contributed by atoms with Crippen LogP contribution in [0.5, 0.6) is 0 Å². The summed E-state index contributed by atoms with van der Waals surface area (Å²) in [5.74, 6) is -0.166. The van der Waals surface area contributed by atoms with E-state index < -0.39 is 0 Å². The number of thiazole rings is 1. The van der Waals surface area contributed by atoms with E-state index in [0.717, 1.165) is 34.6 Å². The minimum absolute atomic E-state index is 0.166. The number of carbonyl (C=O) groups excluding carboxylic acids is 1. The first kappa shape index (κ1) is 19.3. The van der Waals surface area contributed by atoms with Gasteiger partial charge in [-0.2, -0.15) is 5.10 Å². The second-order valence-electron chi connectivity index (χ2n) is 6.85. The number of carbonyl (C=O) groups is 1. The van der Waals surface area contributed by atoms with Crippen molar-refractivity contribution < 1.29 is 4.79 Å². The minimum atomic E-state index is -0.166. The van der Waals surface area contributed by atoms with E-state index in [0.29, 0.717) is 17.4 Å². The lowest BCUT2D eigenvalue weighted by atomic mass is 10.2. The second kappa shape index (κ2) is 8.13. The van der Waals surface area contributed by atoms with E-state index in [4.69, 9.17) is 4.98 Å². The van der Waals surface area contributed by atoms with Crippen molar-refractivity contribution in [2.24, 2.45) is 0 Å². The lowest BCUT2D eigenvalue weighted by Crippen LogP contribution is -2.31. The summed E-state index contributed by atoms with van der Waals surface area (Å²) in [5, 5.41) is 5.14. The average molecular weight is 406 g/mol. The molecule has 3 aromatic heterocycles. The monoisotopic (exact) mass is 405 g/mol. The lowest BCUT2D eigenvalue weighted by Gasteiger charge is -2.18. The van der Waals surface area contributed by atoms with Gasteiger partial charge in [0.05, 0.1) is 22.5 Å². The molecule has 0 aliphatic heterocycles. The van der Waals surface area contributed by atoms with Gasteiger partial charge < -0.3 is 0 Å². The molecule has 1 amide bonds. The van der Waals surface area contributed by atoms with Crippen LogP contribution >= 0.6 is 11.3 Å². The number of fused-ring (bicyclic) bond motifs is 1. The quantitative estimate of drug-likeness (QED) is 0.469. The van der Waals surface area contributed by atoms with Crippen LogP contribution < -0.4 is 4.90 Å². The molecule has 0 fully saturated rings. The molecule has 0 atom stereocenters. The maximum atomic E-state index is 13.4. The number of rotatable bonds is 6. The van der Waals surface area contributed by atoms with Crippen molar-refractivity contribution in [3.63, 3.8) is 0 Å². The van der Waals surface area contributed by atoms with Crippen LogP contribution in [-0.4, -0.2) is 25.7 Å². The van der Waals surface area contributed by atoms with Crippen molar-refractivity contribution in [3.8, 4) is 0 Å². The van der Waals surface area contributed by atoms with Crippen LogP contribution in [0.4, 0.5) is 5.13 Å². The van der Waals surface area contributed by atoms with Gasteiger partial charge in [-0.25, -0.2) is 4.98 Å². The number of aromatic nitrogens is 4. The zero-order valence-electron chi connectivity index (χ0n) is 16.8. The molecule has 0 spiro atoms. The number of benzene rings is 1. The molecule has 0 N–H and O–H groups in total. The van der Waals surface area contributed by atoms with Crippen LogP contribution in [-0.2, 0) is 19.5 Å². The molecular weight excluding hydrogens is 382 g/mol. The summed E-state index contributed by atoms with van der Waals surface area (Å²) in [7, 11) is 0. The number of hydrogen-bond donors (Lipinski definition) is 0. The van der Waals surface area contributed by atoms with Gasteiger partial charge in [0, 0.05) is 18.4 Å². The second-order valence-corrected chi connectivity index (χ2v) is 7.86. The van der Waals surface area contributed by atoms with Crippen molar-refractivity contribution in [1.82, 2.24) is 19.7 Å². The summed E-state index contributed by atoms with van der Waals surface area (Å²) in [4.78, 5) is 24.2. The molecule has 1 aromatic carbocycles. The van der Waals surface area contributed by atoms with Gasteiger partial charge in [-0.1, -0.05) is 30.4 Å². The van der Waals surface area contributed by atoms with Crippen molar-refractivity contribution >= 4 is 32.6 Å². The van der Waals surface area contributed by atoms with Gasteiger partial charge in [0.1, 0.15) is 0 Å². The molecule has 0 saturated heterocycles. The largest absolute Gasteiger partial charge is 0.280 e. The molecule has 6 nitrogen and oxygen atoms in total. The van der Waals surface area contributed by atoms with Crippen LogP contribution in [0, 0.1) is 6.92 Å². The topological polar surface area (TPSA) is 63.9 Å². The predicted molar refractivity (Wildman–Crippen MR) is 116 cm³/mol. The Morgan fingerprint density at radius 2 is 2.03 bits per heavy atom. The molecule has 4 rings (SSSR count). The summed E-state index contributed by atoms with van der Waals surface area (Å²) in [6.45, 7) is 7.17. The van der Waals surface area contributed by atoms with Gasteiger partial charge in [0.25, 0.3) is 5.91 Å². The molecule has 0 unspecified atom stereocenters. The van der Waals surface area contributed by atoms with Crippen molar-refractivity contribution in [2.75, 3.05) is 4.90 Å². The van der Waals surface area contributed by atoms with E-state index in [9.17, 15) is 4.79 Å². The maximum Gasteiger partial charge on any atom is 0.280 e. The summed E-state index contributed by atoms with van der Waals surface area (Å²) in [6.07, 6.45) is 2.70. The third-order valence-corrected chi connectivity index (χ3v) is 5.91. The third kappa shape index (κ3) is 3.91. The Hall–Kier alpha value is -3.06. The van der Waals surface area contributed by atoms with Gasteiger partial charge in [0.15, 0.2) is 10.8 Å². The Labute approximate surface area is 173 Å². The van der Waals surface area contributed by atoms with E-state index in [-0.39, 0.29) is 5.91 Å². The first-order chi connectivity index (χ1) is 14.1. The highest BCUT2D eigenvalue weighted by atomic mass is 32.1. The van der Waals surface area contributed by atoms with Crippen molar-refractivity contribution in [1.29, 1.82) is 0 Å². The number of hydrogen-bond acceptors (Lipinski definition) is 5. The van der Waals surface area contributed by atoms with Crippen molar-refractivity contribution in [3.05, 3.63) is 71.3 Å². The molecule has 0 bridgehead atoms. The maximum absolute atomic E-state index is 13.4. The molecule has 0 aliphatic rings. The standard InChI is InChI=1S/C22H23N5OS/c1-4-16-9-10-18-20(13-16)29-22(24-18)26(14-17-8-6-7-11-23-17)21(28)19-12-15(3)27(5-2)25-19/h6-13H,4-5,14H2,1-3H3. The van der Waals surface area contributed by atoms with Gasteiger partial charge >= 0.3 is 0 Å². The van der Waals surface area contributed by atoms with Crippen molar-refractivity contribution in [2.45, 2.75) is 40.3 Å². The number of pyridine rings is 1. The van der Waals surface area contributed by atoms with E-state index in [1.54, 1.807) is 11.1 Å². The van der Waals surface area contributed by atoms with E-state index in [1.807, 2.05) is 48.9 Å². The lowest BCUT2D eigenvalue weighted by molar-refractivity contribution is 0.0979. The summed E-state index contributed by atoms with van der Waals surface area (Å²) in [6, 6.07) is 13.8. The number of amides is 1. The highest BCUT2D eigenvalue weighted by Crippen LogP contribution is 2.31. The van der Waals surface area contributed by atoms with E-state index >= 15 is 0 Å². The Morgan fingerprint density at radius 3 is 2.72 bits per heavy atom. The fourth-order valence-electron chi connectivity index (χ4n) is 3.25. The predicted octanol–water partition coefficient (Wildman–Crippen LogP) is 4.63. The van der Waals surface area contributed by atoms with Gasteiger partial charge in [-0.15, -0.1) is 0 Å². The molecule has 148 valence electrons. The molecule has 7 heteroatoms. The normalized spacial score (nSPS) is 11.1. The molecule has 0 radical (unpaired) electrons. The smallest absolute Gasteiger partial charge is 0.276 e. The van der Waals surface area contributed by atoms with Crippen LogP contribution in [0.1, 0.15) is 41.3 Å². The SMILES string of the molecule is CCc1ccc2nc(N(Cc3ccccn3)C(=O)c3cc(C)n(CC)n3)sc2c1. The van der Waals surface area contributed by atoms with Crippen LogP contribution in [0.2, 0.25) is 0 Å². The zero-order chi connectivity index (χ0) is 20.4. The molecule has 4 aromatic rings. The highest BCUT2D eigenvalue weighted by molar-refractivity contribution is 7.22. The average Bonchev–Trinajstić information content (AvgIpc) is 3.34. The minimum Gasteiger partial charge on any atom is -0.276 e. The molecule has 29 heavy (non-hydrogen) atoms.